The number of amides is 2. The molecule has 104 valence electrons. The first kappa shape index (κ1) is 13.7. The van der Waals surface area contributed by atoms with Gasteiger partial charge in [-0.1, -0.05) is 23.4 Å². The second kappa shape index (κ2) is 6.41. The van der Waals surface area contributed by atoms with E-state index >= 15 is 0 Å². The molecule has 0 spiro atoms. The molecule has 0 saturated heterocycles. The van der Waals surface area contributed by atoms with Crippen LogP contribution >= 0.6 is 0 Å². The van der Waals surface area contributed by atoms with Crippen molar-refractivity contribution in [2.75, 3.05) is 13.6 Å². The number of rotatable bonds is 5. The molecule has 8 nitrogen and oxygen atoms in total. The topological polar surface area (TPSA) is 104 Å². The van der Waals surface area contributed by atoms with E-state index < -0.39 is 0 Å². The molecule has 1 aromatic carbocycles. The molecule has 1 aromatic heterocycles. The van der Waals surface area contributed by atoms with Gasteiger partial charge in [-0.2, -0.15) is 5.21 Å². The molecule has 2 amide bonds. The minimum absolute atomic E-state index is 0.0361. The number of benzene rings is 1. The maximum atomic E-state index is 12.0. The van der Waals surface area contributed by atoms with Gasteiger partial charge in [0.2, 0.25) is 5.91 Å². The Labute approximate surface area is 115 Å². The molecular formula is C12H14N6O2. The number of hydrogen-bond donors (Lipinski definition) is 2. The van der Waals surface area contributed by atoms with Crippen molar-refractivity contribution < 1.29 is 9.59 Å². The van der Waals surface area contributed by atoms with E-state index in [1.54, 1.807) is 31.3 Å². The van der Waals surface area contributed by atoms with Crippen molar-refractivity contribution in [3.63, 3.8) is 0 Å². The Hall–Kier alpha value is -2.77. The van der Waals surface area contributed by atoms with Crippen molar-refractivity contribution in [3.8, 4) is 0 Å². The highest BCUT2D eigenvalue weighted by Crippen LogP contribution is 2.02. The molecule has 0 unspecified atom stereocenters. The number of carbonyl (C=O) groups excluding carboxylic acids is 2. The lowest BCUT2D eigenvalue weighted by Crippen LogP contribution is -2.38. The summed E-state index contributed by atoms with van der Waals surface area (Å²) in [7, 11) is 1.57. The zero-order chi connectivity index (χ0) is 14.4. The number of nitrogens with zero attached hydrogens (tertiary/aromatic N) is 4. The Morgan fingerprint density at radius 2 is 2.05 bits per heavy atom. The normalized spacial score (nSPS) is 10.1. The molecule has 0 atom stereocenters. The van der Waals surface area contributed by atoms with E-state index in [0.717, 1.165) is 0 Å². The fourth-order valence-corrected chi connectivity index (χ4v) is 1.58. The Balaban J connectivity index is 1.83. The summed E-state index contributed by atoms with van der Waals surface area (Å²) in [5.74, 6) is -0.114. The lowest BCUT2D eigenvalue weighted by atomic mass is 10.2. The van der Waals surface area contributed by atoms with Crippen LogP contribution in [0.2, 0.25) is 0 Å². The Morgan fingerprint density at radius 1 is 1.30 bits per heavy atom. The minimum Gasteiger partial charge on any atom is -0.347 e. The van der Waals surface area contributed by atoms with Crippen LogP contribution in [-0.4, -0.2) is 50.9 Å². The molecule has 0 aliphatic heterocycles. The van der Waals surface area contributed by atoms with Gasteiger partial charge in [-0.15, -0.1) is 10.2 Å². The Kier molecular flexibility index (Phi) is 4.38. The van der Waals surface area contributed by atoms with Crippen LogP contribution < -0.4 is 5.32 Å². The number of nitrogens with one attached hydrogen (secondary N) is 2. The Morgan fingerprint density at radius 3 is 2.70 bits per heavy atom. The third-order valence-corrected chi connectivity index (χ3v) is 2.58. The lowest BCUT2D eigenvalue weighted by molar-refractivity contribution is -0.121. The summed E-state index contributed by atoms with van der Waals surface area (Å²) >= 11 is 0. The molecule has 20 heavy (non-hydrogen) atoms. The van der Waals surface area contributed by atoms with Crippen molar-refractivity contribution in [3.05, 3.63) is 41.7 Å². The van der Waals surface area contributed by atoms with Gasteiger partial charge >= 0.3 is 0 Å². The summed E-state index contributed by atoms with van der Waals surface area (Å²) in [6.45, 7) is 0.133. The van der Waals surface area contributed by atoms with Gasteiger partial charge in [0, 0.05) is 12.6 Å². The zero-order valence-electron chi connectivity index (χ0n) is 10.9. The van der Waals surface area contributed by atoms with Crippen molar-refractivity contribution in [2.24, 2.45) is 0 Å². The molecule has 0 fully saturated rings. The SMILES string of the molecule is CN(CC(=O)NCc1nn[nH]n1)C(=O)c1ccccc1. The number of hydrogen-bond acceptors (Lipinski definition) is 5. The monoisotopic (exact) mass is 274 g/mol. The maximum absolute atomic E-state index is 12.0. The molecule has 0 aliphatic carbocycles. The van der Waals surface area contributed by atoms with Crippen LogP contribution in [0.5, 0.6) is 0 Å². The predicted octanol–water partition coefficient (Wildman–Crippen LogP) is -0.412. The van der Waals surface area contributed by atoms with Crippen LogP contribution in [0, 0.1) is 0 Å². The first-order chi connectivity index (χ1) is 9.66. The molecule has 0 bridgehead atoms. The number of carbonyl (C=O) groups is 2. The summed E-state index contributed by atoms with van der Waals surface area (Å²) in [4.78, 5) is 25.1. The second-order valence-corrected chi connectivity index (χ2v) is 4.13. The van der Waals surface area contributed by atoms with E-state index in [1.165, 1.54) is 4.90 Å². The van der Waals surface area contributed by atoms with Crippen molar-refractivity contribution in [1.29, 1.82) is 0 Å². The smallest absolute Gasteiger partial charge is 0.254 e. The summed E-state index contributed by atoms with van der Waals surface area (Å²) in [5, 5.41) is 15.7. The number of aromatic nitrogens is 4. The van der Waals surface area contributed by atoms with Crippen LogP contribution in [0.25, 0.3) is 0 Å². The summed E-state index contributed by atoms with van der Waals surface area (Å²) < 4.78 is 0. The van der Waals surface area contributed by atoms with E-state index in [-0.39, 0.29) is 24.9 Å². The quantitative estimate of drug-likeness (QED) is 0.771. The number of likely N-dealkylation sites (N-methyl/N-ethyl adjacent to an activating group) is 1. The van der Waals surface area contributed by atoms with Crippen LogP contribution in [0.1, 0.15) is 16.2 Å². The number of H-pyrrole nitrogens is 1. The van der Waals surface area contributed by atoms with Gasteiger partial charge in [-0.25, -0.2) is 0 Å². The fraction of sp³-hybridized carbons (Fsp3) is 0.250. The lowest BCUT2D eigenvalue weighted by Gasteiger charge is -2.16. The highest BCUT2D eigenvalue weighted by Gasteiger charge is 2.14. The van der Waals surface area contributed by atoms with Crippen molar-refractivity contribution in [1.82, 2.24) is 30.8 Å². The van der Waals surface area contributed by atoms with Gasteiger partial charge in [-0.3, -0.25) is 9.59 Å². The third-order valence-electron chi connectivity index (χ3n) is 2.58. The van der Waals surface area contributed by atoms with E-state index in [1.807, 2.05) is 6.07 Å². The molecule has 2 aromatic rings. The minimum atomic E-state index is -0.290. The molecule has 8 heteroatoms. The highest BCUT2D eigenvalue weighted by atomic mass is 16.2. The van der Waals surface area contributed by atoms with E-state index in [4.69, 9.17) is 0 Å². The van der Waals surface area contributed by atoms with Crippen LogP contribution in [0.3, 0.4) is 0 Å². The van der Waals surface area contributed by atoms with Crippen molar-refractivity contribution >= 4 is 11.8 Å². The van der Waals surface area contributed by atoms with Gasteiger partial charge in [-0.05, 0) is 12.1 Å². The molecule has 0 saturated carbocycles. The number of tetrazole rings is 1. The molecule has 2 rings (SSSR count). The second-order valence-electron chi connectivity index (χ2n) is 4.13. The van der Waals surface area contributed by atoms with Gasteiger partial charge < -0.3 is 10.2 Å². The first-order valence-corrected chi connectivity index (χ1v) is 5.96. The van der Waals surface area contributed by atoms with E-state index in [0.29, 0.717) is 11.4 Å². The molecule has 1 heterocycles. The van der Waals surface area contributed by atoms with E-state index in [2.05, 4.69) is 25.9 Å². The third kappa shape index (κ3) is 3.61. The number of aromatic amines is 1. The molecular weight excluding hydrogens is 260 g/mol. The van der Waals surface area contributed by atoms with Crippen LogP contribution in [0.15, 0.2) is 30.3 Å². The maximum Gasteiger partial charge on any atom is 0.254 e. The van der Waals surface area contributed by atoms with Gasteiger partial charge in [0.1, 0.15) is 0 Å². The molecule has 2 N–H and O–H groups in total. The fourth-order valence-electron chi connectivity index (χ4n) is 1.58. The standard InChI is InChI=1S/C12H14N6O2/c1-18(12(20)9-5-3-2-4-6-9)8-11(19)13-7-10-14-16-17-15-10/h2-6H,7-8H2,1H3,(H,13,19)(H,14,15,16,17). The first-order valence-electron chi connectivity index (χ1n) is 5.96. The zero-order valence-corrected chi connectivity index (χ0v) is 10.9. The average Bonchev–Trinajstić information content (AvgIpc) is 2.98. The summed E-state index contributed by atoms with van der Waals surface area (Å²) in [6.07, 6.45) is 0. The summed E-state index contributed by atoms with van der Waals surface area (Å²) in [5.41, 5.74) is 0.543. The van der Waals surface area contributed by atoms with Crippen LogP contribution in [0.4, 0.5) is 0 Å². The van der Waals surface area contributed by atoms with Gasteiger partial charge in [0.05, 0.1) is 13.1 Å². The Bertz CT molecular complexity index is 569. The van der Waals surface area contributed by atoms with Gasteiger partial charge in [0.25, 0.3) is 5.91 Å². The molecule has 0 aliphatic rings. The van der Waals surface area contributed by atoms with Gasteiger partial charge in [0.15, 0.2) is 5.82 Å². The van der Waals surface area contributed by atoms with Crippen molar-refractivity contribution in [2.45, 2.75) is 6.54 Å². The highest BCUT2D eigenvalue weighted by molar-refractivity contribution is 5.96. The average molecular weight is 274 g/mol. The summed E-state index contributed by atoms with van der Waals surface area (Å²) in [6, 6.07) is 8.79. The van der Waals surface area contributed by atoms with E-state index in [9.17, 15) is 9.59 Å². The molecule has 0 radical (unpaired) electrons. The van der Waals surface area contributed by atoms with Crippen LogP contribution in [-0.2, 0) is 11.3 Å². The largest absolute Gasteiger partial charge is 0.347 e. The predicted molar refractivity (Wildman–Crippen MR) is 69.4 cm³/mol.